The van der Waals surface area contributed by atoms with Gasteiger partial charge in [-0.25, -0.2) is 9.37 Å². The maximum absolute atomic E-state index is 13.8. The molecule has 0 bridgehead atoms. The number of aromatic nitrogens is 3. The predicted octanol–water partition coefficient (Wildman–Crippen LogP) is 3.75. The molecule has 1 atom stereocenters. The Hall–Kier alpha value is -2.67. The highest BCUT2D eigenvalue weighted by molar-refractivity contribution is 8.00. The molecule has 0 saturated heterocycles. The van der Waals surface area contributed by atoms with Crippen LogP contribution in [0.2, 0.25) is 0 Å². The number of nitrogens with one attached hydrogen (secondary N) is 1. The van der Waals surface area contributed by atoms with Gasteiger partial charge in [-0.2, -0.15) is 0 Å². The van der Waals surface area contributed by atoms with Crippen LogP contribution in [0.5, 0.6) is 0 Å². The van der Waals surface area contributed by atoms with Crippen LogP contribution in [0.4, 0.5) is 4.39 Å². The molecule has 0 aliphatic rings. The Morgan fingerprint density at radius 3 is 2.62 bits per heavy atom. The van der Waals surface area contributed by atoms with E-state index in [-0.39, 0.29) is 17.0 Å². The number of carbonyl (C=O) groups is 1. The zero-order valence-electron chi connectivity index (χ0n) is 14.5. The number of thioether (sulfide) groups is 1. The molecule has 0 fully saturated rings. The van der Waals surface area contributed by atoms with Crippen molar-refractivity contribution < 1.29 is 9.18 Å². The fourth-order valence-corrected chi connectivity index (χ4v) is 3.37. The lowest BCUT2D eigenvalue weighted by Gasteiger charge is -2.20. The molecule has 0 spiro atoms. The van der Waals surface area contributed by atoms with Crippen LogP contribution in [0.15, 0.2) is 59.8 Å². The van der Waals surface area contributed by atoms with Crippen molar-refractivity contribution in [2.45, 2.75) is 23.9 Å². The molecule has 2 aromatic carbocycles. The normalized spacial score (nSPS) is 12.0. The summed E-state index contributed by atoms with van der Waals surface area (Å²) in [6, 6.07) is 16.2. The molecular weight excluding hydrogens is 351 g/mol. The Labute approximate surface area is 155 Å². The van der Waals surface area contributed by atoms with Gasteiger partial charge in [0.05, 0.1) is 10.8 Å². The Bertz CT molecular complexity index is 884. The molecule has 1 amide bonds. The minimum atomic E-state index is -0.369. The topological polar surface area (TPSA) is 61.9 Å². The number of aromatic amines is 1. The van der Waals surface area contributed by atoms with Gasteiger partial charge in [0.25, 0.3) is 0 Å². The maximum Gasteiger partial charge on any atom is 0.235 e. The van der Waals surface area contributed by atoms with E-state index in [9.17, 15) is 9.18 Å². The van der Waals surface area contributed by atoms with Gasteiger partial charge in [0.1, 0.15) is 5.82 Å². The summed E-state index contributed by atoms with van der Waals surface area (Å²) in [6.07, 6.45) is 0. The van der Waals surface area contributed by atoms with Gasteiger partial charge >= 0.3 is 0 Å². The van der Waals surface area contributed by atoms with Crippen molar-refractivity contribution in [1.29, 1.82) is 0 Å². The molecule has 0 radical (unpaired) electrons. The van der Waals surface area contributed by atoms with E-state index < -0.39 is 0 Å². The predicted molar refractivity (Wildman–Crippen MR) is 100 cm³/mol. The van der Waals surface area contributed by atoms with E-state index in [0.717, 1.165) is 5.56 Å². The Balaban J connectivity index is 1.63. The van der Waals surface area contributed by atoms with E-state index in [1.165, 1.54) is 17.8 Å². The van der Waals surface area contributed by atoms with Gasteiger partial charge in [-0.1, -0.05) is 54.2 Å². The number of amides is 1. The van der Waals surface area contributed by atoms with Crippen molar-refractivity contribution in [2.24, 2.45) is 0 Å². The van der Waals surface area contributed by atoms with Crippen molar-refractivity contribution in [2.75, 3.05) is 7.05 Å². The van der Waals surface area contributed by atoms with Gasteiger partial charge < -0.3 is 4.90 Å². The summed E-state index contributed by atoms with van der Waals surface area (Å²) in [6.45, 7) is 2.35. The number of halogens is 1. The maximum atomic E-state index is 13.8. The van der Waals surface area contributed by atoms with Gasteiger partial charge in [-0.15, -0.1) is 5.10 Å². The van der Waals surface area contributed by atoms with Crippen LogP contribution in [-0.4, -0.2) is 38.3 Å². The smallest absolute Gasteiger partial charge is 0.235 e. The molecule has 1 N–H and O–H groups in total. The monoisotopic (exact) mass is 370 g/mol. The zero-order chi connectivity index (χ0) is 18.5. The third kappa shape index (κ3) is 4.29. The summed E-state index contributed by atoms with van der Waals surface area (Å²) in [4.78, 5) is 18.5. The second-order valence-electron chi connectivity index (χ2n) is 5.89. The first-order chi connectivity index (χ1) is 12.5. The van der Waals surface area contributed by atoms with Crippen molar-refractivity contribution in [3.63, 3.8) is 0 Å². The molecule has 134 valence electrons. The first-order valence-electron chi connectivity index (χ1n) is 8.17. The number of carbonyl (C=O) groups excluding carboxylic acids is 1. The van der Waals surface area contributed by atoms with Crippen molar-refractivity contribution in [3.05, 3.63) is 66.0 Å². The SMILES string of the molecule is C[C@H](Sc1n[nH]c(-c2ccccc2F)n1)C(=O)N(C)Cc1ccccc1. The minimum absolute atomic E-state index is 0.0175. The summed E-state index contributed by atoms with van der Waals surface area (Å²) < 4.78 is 13.8. The first-order valence-corrected chi connectivity index (χ1v) is 9.05. The molecule has 3 rings (SSSR count). The van der Waals surface area contributed by atoms with Gasteiger partial charge in [0.2, 0.25) is 11.1 Å². The second kappa shape index (κ2) is 8.14. The standard InChI is InChI=1S/C19H19FN4OS/c1-13(18(25)24(2)12-14-8-4-3-5-9-14)26-19-21-17(22-23-19)15-10-6-7-11-16(15)20/h3-11,13H,12H2,1-2H3,(H,21,22,23)/t13-/m0/s1. The van der Waals surface area contributed by atoms with Crippen molar-refractivity contribution in [3.8, 4) is 11.4 Å². The van der Waals surface area contributed by atoms with E-state index in [4.69, 9.17) is 0 Å². The van der Waals surface area contributed by atoms with E-state index in [2.05, 4.69) is 15.2 Å². The summed E-state index contributed by atoms with van der Waals surface area (Å²) in [5, 5.41) is 6.88. The van der Waals surface area contributed by atoms with Crippen LogP contribution < -0.4 is 0 Å². The quantitative estimate of drug-likeness (QED) is 0.671. The highest BCUT2D eigenvalue weighted by Gasteiger charge is 2.21. The highest BCUT2D eigenvalue weighted by Crippen LogP contribution is 2.25. The van der Waals surface area contributed by atoms with Gasteiger partial charge in [-0.05, 0) is 24.6 Å². The molecule has 0 aliphatic heterocycles. The Morgan fingerprint density at radius 1 is 1.19 bits per heavy atom. The summed E-state index contributed by atoms with van der Waals surface area (Å²) in [7, 11) is 1.77. The van der Waals surface area contributed by atoms with Gasteiger partial charge in [0, 0.05) is 13.6 Å². The molecule has 5 nitrogen and oxygen atoms in total. The summed E-state index contributed by atoms with van der Waals surface area (Å²) in [5.74, 6) is -0.0362. The largest absolute Gasteiger partial charge is 0.340 e. The minimum Gasteiger partial charge on any atom is -0.340 e. The van der Waals surface area contributed by atoms with Gasteiger partial charge in [-0.3, -0.25) is 9.89 Å². The first kappa shape index (κ1) is 18.1. The van der Waals surface area contributed by atoms with E-state index in [1.54, 1.807) is 30.1 Å². The molecule has 0 saturated carbocycles. The average Bonchev–Trinajstić information content (AvgIpc) is 3.10. The van der Waals surface area contributed by atoms with Gasteiger partial charge in [0.15, 0.2) is 5.82 Å². The van der Waals surface area contributed by atoms with Crippen LogP contribution >= 0.6 is 11.8 Å². The third-order valence-electron chi connectivity index (χ3n) is 3.86. The van der Waals surface area contributed by atoms with Crippen LogP contribution in [0.1, 0.15) is 12.5 Å². The molecule has 26 heavy (non-hydrogen) atoms. The van der Waals surface area contributed by atoms with E-state index in [0.29, 0.717) is 23.1 Å². The van der Waals surface area contributed by atoms with Crippen molar-refractivity contribution in [1.82, 2.24) is 20.1 Å². The number of benzene rings is 2. The van der Waals surface area contributed by atoms with E-state index >= 15 is 0 Å². The number of hydrogen-bond acceptors (Lipinski definition) is 4. The van der Waals surface area contributed by atoms with Crippen LogP contribution in [0.25, 0.3) is 11.4 Å². The third-order valence-corrected chi connectivity index (χ3v) is 4.81. The zero-order valence-corrected chi connectivity index (χ0v) is 15.3. The molecule has 0 unspecified atom stereocenters. The lowest BCUT2D eigenvalue weighted by molar-refractivity contribution is -0.129. The Morgan fingerprint density at radius 2 is 1.88 bits per heavy atom. The fourth-order valence-electron chi connectivity index (χ4n) is 2.53. The number of rotatable bonds is 6. The Kier molecular flexibility index (Phi) is 5.68. The van der Waals surface area contributed by atoms with Crippen molar-refractivity contribution >= 4 is 17.7 Å². The molecule has 3 aromatic rings. The van der Waals surface area contributed by atoms with Crippen LogP contribution in [0.3, 0.4) is 0 Å². The molecule has 7 heteroatoms. The lowest BCUT2D eigenvalue weighted by atomic mass is 10.2. The number of nitrogens with zero attached hydrogens (tertiary/aromatic N) is 3. The summed E-state index contributed by atoms with van der Waals surface area (Å²) >= 11 is 1.24. The lowest BCUT2D eigenvalue weighted by Crippen LogP contribution is -2.32. The fraction of sp³-hybridized carbons (Fsp3) is 0.211. The molecule has 1 aromatic heterocycles. The average molecular weight is 370 g/mol. The van der Waals surface area contributed by atoms with Crippen LogP contribution in [0, 0.1) is 5.82 Å². The number of hydrogen-bond donors (Lipinski definition) is 1. The summed E-state index contributed by atoms with van der Waals surface area (Å²) in [5.41, 5.74) is 1.42. The number of H-pyrrole nitrogens is 1. The highest BCUT2D eigenvalue weighted by atomic mass is 32.2. The molecule has 1 heterocycles. The second-order valence-corrected chi connectivity index (χ2v) is 7.19. The van der Waals surface area contributed by atoms with Crippen LogP contribution in [-0.2, 0) is 11.3 Å². The van der Waals surface area contributed by atoms with E-state index in [1.807, 2.05) is 37.3 Å². The molecular formula is C19H19FN4OS. The molecule has 0 aliphatic carbocycles.